The van der Waals surface area contributed by atoms with Crippen LogP contribution in [-0.2, 0) is 22.4 Å². The Morgan fingerprint density at radius 1 is 1.24 bits per heavy atom. The first-order chi connectivity index (χ1) is 14.0. The Morgan fingerprint density at radius 3 is 2.83 bits per heavy atom. The largest absolute Gasteiger partial charge is 0.467 e. The van der Waals surface area contributed by atoms with Gasteiger partial charge in [-0.3, -0.25) is 9.59 Å². The molecule has 7 nitrogen and oxygen atoms in total. The molecule has 2 amide bonds. The highest BCUT2D eigenvalue weighted by Gasteiger charge is 2.23. The Bertz CT molecular complexity index is 1080. The number of rotatable bonds is 5. The summed E-state index contributed by atoms with van der Waals surface area (Å²) in [6.07, 6.45) is 4.67. The third kappa shape index (κ3) is 4.37. The fourth-order valence-electron chi connectivity index (χ4n) is 3.56. The molecule has 0 aliphatic heterocycles. The maximum absolute atomic E-state index is 12.4. The van der Waals surface area contributed by atoms with Crippen LogP contribution in [0.1, 0.15) is 30.7 Å². The standard InChI is InChI=1S/C21H22N4O3S/c1-12-6-7-16-17(8-12)29-21-19(16)20(22-11-23-21)28-10-18(27)25-15-5-3-4-14(9-15)24-13(2)26/h3-5,9,11-12H,6-8,10H2,1-2H3,(H,24,26)(H,25,27). The van der Waals surface area contributed by atoms with Crippen molar-refractivity contribution in [3.8, 4) is 5.88 Å². The van der Waals surface area contributed by atoms with Crippen LogP contribution in [0.25, 0.3) is 10.2 Å². The van der Waals surface area contributed by atoms with Crippen LogP contribution in [0.4, 0.5) is 11.4 Å². The predicted molar refractivity (Wildman–Crippen MR) is 113 cm³/mol. The molecule has 29 heavy (non-hydrogen) atoms. The molecule has 1 atom stereocenters. The molecule has 0 fully saturated rings. The highest BCUT2D eigenvalue weighted by atomic mass is 32.1. The molecule has 0 spiro atoms. The summed E-state index contributed by atoms with van der Waals surface area (Å²) in [6, 6.07) is 6.96. The van der Waals surface area contributed by atoms with Crippen molar-refractivity contribution in [2.75, 3.05) is 17.2 Å². The van der Waals surface area contributed by atoms with E-state index in [0.29, 0.717) is 23.2 Å². The Hall–Kier alpha value is -3.00. The second kappa shape index (κ2) is 8.16. The van der Waals surface area contributed by atoms with Gasteiger partial charge in [0.05, 0.1) is 5.39 Å². The highest BCUT2D eigenvalue weighted by molar-refractivity contribution is 7.18. The minimum Gasteiger partial charge on any atom is -0.467 e. The molecular formula is C21H22N4O3S. The van der Waals surface area contributed by atoms with Gasteiger partial charge < -0.3 is 15.4 Å². The summed E-state index contributed by atoms with van der Waals surface area (Å²) in [4.78, 5) is 34.5. The van der Waals surface area contributed by atoms with Crippen LogP contribution in [-0.4, -0.2) is 28.4 Å². The number of fused-ring (bicyclic) bond motifs is 3. The van der Waals surface area contributed by atoms with Gasteiger partial charge in [0, 0.05) is 23.2 Å². The number of hydrogen-bond acceptors (Lipinski definition) is 6. The van der Waals surface area contributed by atoms with Crippen LogP contribution in [0.5, 0.6) is 5.88 Å². The van der Waals surface area contributed by atoms with Crippen LogP contribution in [0.3, 0.4) is 0 Å². The molecule has 8 heteroatoms. The Kier molecular flexibility index (Phi) is 5.44. The first-order valence-electron chi connectivity index (χ1n) is 9.55. The molecule has 0 saturated heterocycles. The van der Waals surface area contributed by atoms with E-state index in [9.17, 15) is 9.59 Å². The van der Waals surface area contributed by atoms with Crippen LogP contribution < -0.4 is 15.4 Å². The number of nitrogens with zero attached hydrogens (tertiary/aromatic N) is 2. The van der Waals surface area contributed by atoms with Gasteiger partial charge in [0.25, 0.3) is 5.91 Å². The molecule has 1 unspecified atom stereocenters. The molecule has 1 aromatic carbocycles. The number of benzene rings is 1. The number of aromatic nitrogens is 2. The molecule has 2 N–H and O–H groups in total. The smallest absolute Gasteiger partial charge is 0.262 e. The van der Waals surface area contributed by atoms with E-state index in [2.05, 4.69) is 27.5 Å². The van der Waals surface area contributed by atoms with Gasteiger partial charge in [0.15, 0.2) is 6.61 Å². The summed E-state index contributed by atoms with van der Waals surface area (Å²) < 4.78 is 5.77. The van der Waals surface area contributed by atoms with Crippen molar-refractivity contribution in [1.82, 2.24) is 9.97 Å². The Labute approximate surface area is 172 Å². The van der Waals surface area contributed by atoms with Gasteiger partial charge in [0.1, 0.15) is 11.2 Å². The van der Waals surface area contributed by atoms with Gasteiger partial charge in [-0.05, 0) is 48.9 Å². The quantitative estimate of drug-likeness (QED) is 0.667. The zero-order valence-corrected chi connectivity index (χ0v) is 17.1. The van der Waals surface area contributed by atoms with E-state index in [4.69, 9.17) is 4.74 Å². The molecule has 3 aromatic rings. The molecule has 0 bridgehead atoms. The average molecular weight is 410 g/mol. The fourth-order valence-corrected chi connectivity index (χ4v) is 4.91. The van der Waals surface area contributed by atoms with Gasteiger partial charge in [-0.15, -0.1) is 11.3 Å². The van der Waals surface area contributed by atoms with Gasteiger partial charge in [-0.2, -0.15) is 0 Å². The third-order valence-corrected chi connectivity index (χ3v) is 6.03. The first-order valence-corrected chi connectivity index (χ1v) is 10.4. The topological polar surface area (TPSA) is 93.2 Å². The summed E-state index contributed by atoms with van der Waals surface area (Å²) in [5.41, 5.74) is 2.47. The molecule has 0 radical (unpaired) electrons. The van der Waals surface area contributed by atoms with Crippen LogP contribution in [0, 0.1) is 5.92 Å². The summed E-state index contributed by atoms with van der Waals surface area (Å²) >= 11 is 1.69. The van der Waals surface area contributed by atoms with E-state index in [1.165, 1.54) is 23.7 Å². The number of ether oxygens (including phenoxy) is 1. The van der Waals surface area contributed by atoms with E-state index >= 15 is 0 Å². The molecule has 1 aliphatic rings. The van der Waals surface area contributed by atoms with Crippen LogP contribution in [0.15, 0.2) is 30.6 Å². The molecular weight excluding hydrogens is 388 g/mol. The lowest BCUT2D eigenvalue weighted by Crippen LogP contribution is -2.20. The Balaban J connectivity index is 1.46. The van der Waals surface area contributed by atoms with Crippen molar-refractivity contribution in [3.05, 3.63) is 41.0 Å². The van der Waals surface area contributed by atoms with Crippen molar-refractivity contribution < 1.29 is 14.3 Å². The predicted octanol–water partition coefficient (Wildman–Crippen LogP) is 3.79. The zero-order chi connectivity index (χ0) is 20.4. The number of carbonyl (C=O) groups excluding carboxylic acids is 2. The second-order valence-electron chi connectivity index (χ2n) is 7.31. The summed E-state index contributed by atoms with van der Waals surface area (Å²) in [7, 11) is 0. The minimum absolute atomic E-state index is 0.155. The van der Waals surface area contributed by atoms with E-state index in [-0.39, 0.29) is 18.4 Å². The van der Waals surface area contributed by atoms with Gasteiger partial charge in [-0.25, -0.2) is 9.97 Å². The lowest BCUT2D eigenvalue weighted by Gasteiger charge is -2.18. The van der Waals surface area contributed by atoms with Crippen molar-refractivity contribution in [2.24, 2.45) is 5.92 Å². The Morgan fingerprint density at radius 2 is 2.03 bits per heavy atom. The van der Waals surface area contributed by atoms with Crippen molar-refractivity contribution >= 4 is 44.7 Å². The average Bonchev–Trinajstić information content (AvgIpc) is 3.04. The second-order valence-corrected chi connectivity index (χ2v) is 8.39. The summed E-state index contributed by atoms with van der Waals surface area (Å²) in [6.45, 7) is 3.55. The number of nitrogens with one attached hydrogen (secondary N) is 2. The van der Waals surface area contributed by atoms with Gasteiger partial charge >= 0.3 is 0 Å². The molecule has 2 heterocycles. The number of aryl methyl sites for hydroxylation is 1. The fraction of sp³-hybridized carbons (Fsp3) is 0.333. The molecule has 2 aromatic heterocycles. The maximum Gasteiger partial charge on any atom is 0.262 e. The zero-order valence-electron chi connectivity index (χ0n) is 16.3. The molecule has 150 valence electrons. The van der Waals surface area contributed by atoms with E-state index in [1.54, 1.807) is 35.6 Å². The van der Waals surface area contributed by atoms with E-state index in [1.807, 2.05) is 0 Å². The number of carbonyl (C=O) groups is 2. The van der Waals surface area contributed by atoms with Gasteiger partial charge in [-0.1, -0.05) is 13.0 Å². The number of thiophene rings is 1. The molecule has 0 saturated carbocycles. The highest BCUT2D eigenvalue weighted by Crippen LogP contribution is 2.40. The third-order valence-electron chi connectivity index (χ3n) is 4.86. The van der Waals surface area contributed by atoms with Gasteiger partial charge in [0.2, 0.25) is 11.8 Å². The molecule has 1 aliphatic carbocycles. The van der Waals surface area contributed by atoms with Crippen molar-refractivity contribution in [2.45, 2.75) is 33.1 Å². The summed E-state index contributed by atoms with van der Waals surface area (Å²) in [5.74, 6) is 0.670. The molecule has 4 rings (SSSR count). The van der Waals surface area contributed by atoms with Crippen molar-refractivity contribution in [3.63, 3.8) is 0 Å². The van der Waals surface area contributed by atoms with Crippen LogP contribution >= 0.6 is 11.3 Å². The van der Waals surface area contributed by atoms with Crippen molar-refractivity contribution in [1.29, 1.82) is 0 Å². The monoisotopic (exact) mass is 410 g/mol. The SMILES string of the molecule is CC(=O)Nc1cccc(NC(=O)COc2ncnc3sc4c(c23)CCC(C)C4)c1. The lowest BCUT2D eigenvalue weighted by molar-refractivity contribution is -0.118. The normalized spacial score (nSPS) is 15.6. The first kappa shape index (κ1) is 19.3. The number of hydrogen-bond donors (Lipinski definition) is 2. The van der Waals surface area contributed by atoms with E-state index in [0.717, 1.165) is 29.5 Å². The maximum atomic E-state index is 12.4. The van der Waals surface area contributed by atoms with Crippen LogP contribution in [0.2, 0.25) is 0 Å². The number of anilines is 2. The van der Waals surface area contributed by atoms with E-state index < -0.39 is 0 Å². The lowest BCUT2D eigenvalue weighted by atomic mass is 9.89. The number of amides is 2. The minimum atomic E-state index is -0.297. The summed E-state index contributed by atoms with van der Waals surface area (Å²) in [5, 5.41) is 6.41.